The van der Waals surface area contributed by atoms with Crippen LogP contribution in [0, 0.1) is 0 Å². The molecule has 0 spiro atoms. The zero-order valence-electron chi connectivity index (χ0n) is 9.97. The number of alkyl halides is 1. The number of aromatic nitrogens is 2. The molecule has 0 aliphatic carbocycles. The number of amides is 1. The molecule has 1 saturated heterocycles. The number of imidazole rings is 1. The van der Waals surface area contributed by atoms with Crippen molar-refractivity contribution in [2.45, 2.75) is 19.1 Å². The third kappa shape index (κ3) is 2.69. The van der Waals surface area contributed by atoms with Crippen molar-refractivity contribution in [3.63, 3.8) is 0 Å². The van der Waals surface area contributed by atoms with Gasteiger partial charge in [-0.2, -0.15) is 0 Å². The molecule has 1 amide bonds. The summed E-state index contributed by atoms with van der Waals surface area (Å²) in [6.45, 7) is 3.18. The fourth-order valence-electron chi connectivity index (χ4n) is 1.86. The van der Waals surface area contributed by atoms with Gasteiger partial charge in [0.15, 0.2) is 0 Å². The molecule has 2 heterocycles. The Labute approximate surface area is 109 Å². The first-order valence-corrected chi connectivity index (χ1v) is 6.70. The molecular formula is C11H16BrN3O2. The highest BCUT2D eigenvalue weighted by Gasteiger charge is 2.30. The van der Waals surface area contributed by atoms with Crippen molar-refractivity contribution >= 4 is 21.8 Å². The van der Waals surface area contributed by atoms with Crippen LogP contribution in [0.1, 0.15) is 17.4 Å². The van der Waals surface area contributed by atoms with Crippen LogP contribution in [-0.2, 0) is 11.8 Å². The largest absolute Gasteiger partial charge is 0.373 e. The van der Waals surface area contributed by atoms with Gasteiger partial charge in [0.05, 0.1) is 25.1 Å². The Morgan fingerprint density at radius 3 is 3.06 bits per heavy atom. The van der Waals surface area contributed by atoms with Gasteiger partial charge in [-0.25, -0.2) is 4.98 Å². The average Bonchev–Trinajstić information content (AvgIpc) is 2.76. The lowest BCUT2D eigenvalue weighted by Crippen LogP contribution is -2.51. The number of hydrogen-bond donors (Lipinski definition) is 0. The van der Waals surface area contributed by atoms with Crippen molar-refractivity contribution in [2.75, 3.05) is 18.5 Å². The summed E-state index contributed by atoms with van der Waals surface area (Å²) in [6.07, 6.45) is 3.45. The molecule has 1 aliphatic heterocycles. The Morgan fingerprint density at radius 1 is 1.71 bits per heavy atom. The molecule has 1 aromatic rings. The minimum atomic E-state index is -0.0210. The first kappa shape index (κ1) is 12.6. The van der Waals surface area contributed by atoms with Gasteiger partial charge in [0.25, 0.3) is 5.91 Å². The maximum Gasteiger partial charge on any atom is 0.274 e. The van der Waals surface area contributed by atoms with Crippen LogP contribution in [0.2, 0.25) is 0 Å². The van der Waals surface area contributed by atoms with Crippen LogP contribution in [0.4, 0.5) is 0 Å². The van der Waals surface area contributed by atoms with Crippen LogP contribution in [-0.4, -0.2) is 51.0 Å². The van der Waals surface area contributed by atoms with Crippen molar-refractivity contribution in [1.82, 2.24) is 14.5 Å². The summed E-state index contributed by atoms with van der Waals surface area (Å²) in [4.78, 5) is 18.2. The predicted molar refractivity (Wildman–Crippen MR) is 67.2 cm³/mol. The van der Waals surface area contributed by atoms with E-state index in [1.54, 1.807) is 17.1 Å². The lowest BCUT2D eigenvalue weighted by atomic mass is 10.2. The Bertz CT molecular complexity index is 407. The van der Waals surface area contributed by atoms with E-state index >= 15 is 0 Å². The molecule has 6 heteroatoms. The number of aryl methyl sites for hydroxylation is 1. The first-order chi connectivity index (χ1) is 8.11. The van der Waals surface area contributed by atoms with E-state index in [-0.39, 0.29) is 18.1 Å². The Kier molecular flexibility index (Phi) is 3.83. The van der Waals surface area contributed by atoms with E-state index in [4.69, 9.17) is 4.74 Å². The maximum absolute atomic E-state index is 12.3. The summed E-state index contributed by atoms with van der Waals surface area (Å²) in [7, 11) is 1.85. The fraction of sp³-hybridized carbons (Fsp3) is 0.636. The molecule has 17 heavy (non-hydrogen) atoms. The van der Waals surface area contributed by atoms with E-state index in [1.807, 2.05) is 18.9 Å². The molecule has 5 nitrogen and oxygen atoms in total. The monoisotopic (exact) mass is 301 g/mol. The van der Waals surface area contributed by atoms with Crippen molar-refractivity contribution in [3.8, 4) is 0 Å². The first-order valence-electron chi connectivity index (χ1n) is 5.58. The van der Waals surface area contributed by atoms with Gasteiger partial charge < -0.3 is 14.2 Å². The molecule has 2 unspecified atom stereocenters. The number of hydrogen-bond acceptors (Lipinski definition) is 3. The molecule has 2 rings (SSSR count). The number of morpholine rings is 1. The molecule has 0 aromatic carbocycles. The normalized spacial score (nSPS) is 25.0. The molecule has 1 fully saturated rings. The highest BCUT2D eigenvalue weighted by Crippen LogP contribution is 2.15. The maximum atomic E-state index is 12.3. The summed E-state index contributed by atoms with van der Waals surface area (Å²) in [5.41, 5.74) is 0.495. The highest BCUT2D eigenvalue weighted by molar-refractivity contribution is 9.09. The zero-order valence-corrected chi connectivity index (χ0v) is 11.6. The number of carbonyl (C=O) groups excluding carboxylic acids is 1. The number of rotatable bonds is 2. The highest BCUT2D eigenvalue weighted by atomic mass is 79.9. The SMILES string of the molecule is CC1COC(CBr)CN1C(=O)c1cn(C)cn1. The van der Waals surface area contributed by atoms with Crippen molar-refractivity contribution < 1.29 is 9.53 Å². The lowest BCUT2D eigenvalue weighted by Gasteiger charge is -2.37. The van der Waals surface area contributed by atoms with Gasteiger partial charge in [-0.1, -0.05) is 15.9 Å². The van der Waals surface area contributed by atoms with Crippen molar-refractivity contribution in [2.24, 2.45) is 7.05 Å². The Morgan fingerprint density at radius 2 is 2.47 bits per heavy atom. The second-order valence-electron chi connectivity index (χ2n) is 4.34. The Balaban J connectivity index is 2.12. The van der Waals surface area contributed by atoms with E-state index in [2.05, 4.69) is 20.9 Å². The molecule has 1 aliphatic rings. The number of nitrogens with zero attached hydrogens (tertiary/aromatic N) is 3. The van der Waals surface area contributed by atoms with E-state index in [0.717, 1.165) is 5.33 Å². The molecule has 0 saturated carbocycles. The minimum Gasteiger partial charge on any atom is -0.373 e. The number of carbonyl (C=O) groups is 1. The van der Waals surface area contributed by atoms with E-state index < -0.39 is 0 Å². The van der Waals surface area contributed by atoms with Gasteiger partial charge in [-0.05, 0) is 6.92 Å². The van der Waals surface area contributed by atoms with Gasteiger partial charge in [-0.3, -0.25) is 4.79 Å². The fourth-order valence-corrected chi connectivity index (χ4v) is 2.26. The summed E-state index contributed by atoms with van der Waals surface area (Å²) < 4.78 is 7.37. The summed E-state index contributed by atoms with van der Waals surface area (Å²) >= 11 is 3.39. The van der Waals surface area contributed by atoms with Crippen LogP contribution in [0.5, 0.6) is 0 Å². The van der Waals surface area contributed by atoms with Crippen LogP contribution < -0.4 is 0 Å². The van der Waals surface area contributed by atoms with Gasteiger partial charge in [0.1, 0.15) is 5.69 Å². The third-order valence-electron chi connectivity index (χ3n) is 2.86. The molecule has 1 aromatic heterocycles. The van der Waals surface area contributed by atoms with Crippen molar-refractivity contribution in [1.29, 1.82) is 0 Å². The second kappa shape index (κ2) is 5.18. The van der Waals surface area contributed by atoms with Crippen LogP contribution >= 0.6 is 15.9 Å². The molecule has 0 radical (unpaired) electrons. The van der Waals surface area contributed by atoms with Gasteiger partial charge in [0.2, 0.25) is 0 Å². The van der Waals surface area contributed by atoms with E-state index in [1.165, 1.54) is 0 Å². The van der Waals surface area contributed by atoms with Crippen LogP contribution in [0.3, 0.4) is 0 Å². The summed E-state index contributed by atoms with van der Waals surface area (Å²) in [5, 5.41) is 0.742. The minimum absolute atomic E-state index is 0.0210. The molecule has 0 N–H and O–H groups in total. The third-order valence-corrected chi connectivity index (χ3v) is 3.58. The molecule has 94 valence electrons. The predicted octanol–water partition coefficient (Wildman–Crippen LogP) is 1.04. The zero-order chi connectivity index (χ0) is 12.4. The molecular weight excluding hydrogens is 286 g/mol. The van der Waals surface area contributed by atoms with E-state index in [0.29, 0.717) is 18.8 Å². The van der Waals surface area contributed by atoms with Crippen LogP contribution in [0.15, 0.2) is 12.5 Å². The second-order valence-corrected chi connectivity index (χ2v) is 4.99. The van der Waals surface area contributed by atoms with Gasteiger partial charge in [-0.15, -0.1) is 0 Å². The van der Waals surface area contributed by atoms with Crippen LogP contribution in [0.25, 0.3) is 0 Å². The topological polar surface area (TPSA) is 47.4 Å². The van der Waals surface area contributed by atoms with Crippen molar-refractivity contribution in [3.05, 3.63) is 18.2 Å². The average molecular weight is 302 g/mol. The van der Waals surface area contributed by atoms with Gasteiger partial charge in [0, 0.05) is 25.1 Å². The number of halogens is 1. The quantitative estimate of drug-likeness (QED) is 0.767. The molecule has 2 atom stereocenters. The number of ether oxygens (including phenoxy) is 1. The lowest BCUT2D eigenvalue weighted by molar-refractivity contribution is -0.0363. The molecule has 0 bridgehead atoms. The standard InChI is InChI=1S/C11H16BrN3O2/c1-8-6-17-9(3-12)4-15(8)11(16)10-5-14(2)7-13-10/h5,7-9H,3-4,6H2,1-2H3. The Hall–Kier alpha value is -0.880. The summed E-state index contributed by atoms with van der Waals surface area (Å²) in [5.74, 6) is -0.0210. The van der Waals surface area contributed by atoms with Gasteiger partial charge >= 0.3 is 0 Å². The summed E-state index contributed by atoms with van der Waals surface area (Å²) in [6, 6.07) is 0.0970. The van der Waals surface area contributed by atoms with E-state index in [9.17, 15) is 4.79 Å². The smallest absolute Gasteiger partial charge is 0.274 e.